The summed E-state index contributed by atoms with van der Waals surface area (Å²) < 4.78 is 12.4. The Labute approximate surface area is 104 Å². The molecule has 88 valence electrons. The summed E-state index contributed by atoms with van der Waals surface area (Å²) in [6, 6.07) is 6.05. The second-order valence-corrected chi connectivity index (χ2v) is 5.98. The number of anilines is 1. The SMILES string of the molecule is CCN(C(=O)C(C)(C)Br)c1cccc(F)c1. The smallest absolute Gasteiger partial charge is 0.243 e. The summed E-state index contributed by atoms with van der Waals surface area (Å²) in [4.78, 5) is 13.6. The topological polar surface area (TPSA) is 20.3 Å². The molecule has 0 saturated heterocycles. The Hall–Kier alpha value is -0.900. The standard InChI is InChI=1S/C12H15BrFNO/c1-4-15(11(16)12(2,3)13)10-7-5-6-9(14)8-10/h5-8H,4H2,1-3H3. The highest BCUT2D eigenvalue weighted by atomic mass is 79.9. The molecule has 0 saturated carbocycles. The van der Waals surface area contributed by atoms with E-state index >= 15 is 0 Å². The van der Waals surface area contributed by atoms with Gasteiger partial charge in [0, 0.05) is 12.2 Å². The van der Waals surface area contributed by atoms with Crippen LogP contribution in [0.3, 0.4) is 0 Å². The third kappa shape index (κ3) is 3.04. The highest BCUT2D eigenvalue weighted by molar-refractivity contribution is 9.10. The van der Waals surface area contributed by atoms with Crippen molar-refractivity contribution in [1.82, 2.24) is 0 Å². The Morgan fingerprint density at radius 1 is 1.50 bits per heavy atom. The fraction of sp³-hybridized carbons (Fsp3) is 0.417. The van der Waals surface area contributed by atoms with Crippen molar-refractivity contribution in [3.8, 4) is 0 Å². The highest BCUT2D eigenvalue weighted by Crippen LogP contribution is 2.24. The zero-order valence-electron chi connectivity index (χ0n) is 9.63. The molecule has 16 heavy (non-hydrogen) atoms. The van der Waals surface area contributed by atoms with Crippen molar-refractivity contribution in [2.24, 2.45) is 0 Å². The number of benzene rings is 1. The van der Waals surface area contributed by atoms with Crippen LogP contribution in [0, 0.1) is 5.82 Å². The maximum Gasteiger partial charge on any atom is 0.243 e. The van der Waals surface area contributed by atoms with Crippen LogP contribution in [0.1, 0.15) is 20.8 Å². The van der Waals surface area contributed by atoms with Crippen molar-refractivity contribution < 1.29 is 9.18 Å². The lowest BCUT2D eigenvalue weighted by Gasteiger charge is -2.27. The molecule has 0 bridgehead atoms. The molecule has 1 aromatic rings. The minimum absolute atomic E-state index is 0.0828. The van der Waals surface area contributed by atoms with Crippen molar-refractivity contribution >= 4 is 27.5 Å². The third-order valence-corrected chi connectivity index (χ3v) is 2.53. The Morgan fingerprint density at radius 2 is 2.12 bits per heavy atom. The first-order valence-corrected chi connectivity index (χ1v) is 5.92. The molecule has 0 aromatic heterocycles. The minimum atomic E-state index is -0.644. The van der Waals surface area contributed by atoms with Gasteiger partial charge in [-0.1, -0.05) is 22.0 Å². The molecule has 0 aliphatic rings. The van der Waals surface area contributed by atoms with Crippen molar-refractivity contribution in [3.05, 3.63) is 30.1 Å². The zero-order chi connectivity index (χ0) is 12.3. The van der Waals surface area contributed by atoms with Crippen LogP contribution in [0.15, 0.2) is 24.3 Å². The van der Waals surface area contributed by atoms with Gasteiger partial charge in [-0.2, -0.15) is 0 Å². The average molecular weight is 288 g/mol. The number of halogens is 2. The maximum absolute atomic E-state index is 13.1. The summed E-state index contributed by atoms with van der Waals surface area (Å²) in [6.45, 7) is 5.92. The molecular formula is C12H15BrFNO. The van der Waals surface area contributed by atoms with E-state index in [-0.39, 0.29) is 11.7 Å². The predicted molar refractivity (Wildman–Crippen MR) is 67.4 cm³/mol. The van der Waals surface area contributed by atoms with Crippen LogP contribution in [0.4, 0.5) is 10.1 Å². The normalized spacial score (nSPS) is 11.3. The monoisotopic (exact) mass is 287 g/mol. The molecule has 0 atom stereocenters. The largest absolute Gasteiger partial charge is 0.311 e. The van der Waals surface area contributed by atoms with Gasteiger partial charge in [0.05, 0.1) is 4.32 Å². The van der Waals surface area contributed by atoms with Crippen LogP contribution in [0.2, 0.25) is 0 Å². The molecule has 0 radical (unpaired) electrons. The van der Waals surface area contributed by atoms with E-state index in [1.165, 1.54) is 12.1 Å². The minimum Gasteiger partial charge on any atom is -0.311 e. The Morgan fingerprint density at radius 3 is 2.56 bits per heavy atom. The summed E-state index contributed by atoms with van der Waals surface area (Å²) in [7, 11) is 0. The number of carbonyl (C=O) groups excluding carboxylic acids is 1. The molecule has 0 aliphatic heterocycles. The lowest BCUT2D eigenvalue weighted by atomic mass is 10.1. The summed E-state index contributed by atoms with van der Waals surface area (Å²) in [5.41, 5.74) is 0.583. The molecular weight excluding hydrogens is 273 g/mol. The number of hydrogen-bond donors (Lipinski definition) is 0. The predicted octanol–water partition coefficient (Wildman–Crippen LogP) is 3.35. The van der Waals surface area contributed by atoms with Gasteiger partial charge in [0.15, 0.2) is 0 Å². The van der Waals surface area contributed by atoms with E-state index in [4.69, 9.17) is 0 Å². The lowest BCUT2D eigenvalue weighted by Crippen LogP contribution is -2.41. The van der Waals surface area contributed by atoms with E-state index in [1.54, 1.807) is 30.9 Å². The van der Waals surface area contributed by atoms with Crippen molar-refractivity contribution in [1.29, 1.82) is 0 Å². The van der Waals surface area contributed by atoms with Crippen molar-refractivity contribution in [2.75, 3.05) is 11.4 Å². The number of hydrogen-bond acceptors (Lipinski definition) is 1. The van der Waals surface area contributed by atoms with Gasteiger partial charge in [0.25, 0.3) is 0 Å². The fourth-order valence-electron chi connectivity index (χ4n) is 1.41. The molecule has 4 heteroatoms. The number of alkyl halides is 1. The van der Waals surface area contributed by atoms with E-state index in [2.05, 4.69) is 15.9 Å². The molecule has 2 nitrogen and oxygen atoms in total. The summed E-state index contributed by atoms with van der Waals surface area (Å²) in [6.07, 6.45) is 0. The zero-order valence-corrected chi connectivity index (χ0v) is 11.2. The molecule has 0 unspecified atom stereocenters. The first-order chi connectivity index (χ1) is 7.36. The van der Waals surface area contributed by atoms with Crippen LogP contribution in [0.25, 0.3) is 0 Å². The number of amides is 1. The second-order valence-electron chi connectivity index (χ2n) is 4.00. The first kappa shape index (κ1) is 13.2. The number of rotatable bonds is 3. The van der Waals surface area contributed by atoms with Gasteiger partial charge in [-0.05, 0) is 39.0 Å². The summed E-state index contributed by atoms with van der Waals surface area (Å²) in [5, 5.41) is 0. The van der Waals surface area contributed by atoms with Gasteiger partial charge in [-0.25, -0.2) is 4.39 Å². The molecule has 0 heterocycles. The fourth-order valence-corrected chi connectivity index (χ4v) is 1.62. The van der Waals surface area contributed by atoms with E-state index in [9.17, 15) is 9.18 Å². The molecule has 1 rings (SSSR count). The quantitative estimate of drug-likeness (QED) is 0.781. The van der Waals surface area contributed by atoms with Crippen LogP contribution in [-0.2, 0) is 4.79 Å². The summed E-state index contributed by atoms with van der Waals surface area (Å²) in [5.74, 6) is -0.420. The van der Waals surface area contributed by atoms with Gasteiger partial charge < -0.3 is 4.90 Å². The maximum atomic E-state index is 13.1. The van der Waals surface area contributed by atoms with Crippen LogP contribution in [-0.4, -0.2) is 16.8 Å². The lowest BCUT2D eigenvalue weighted by molar-refractivity contribution is -0.119. The average Bonchev–Trinajstić information content (AvgIpc) is 2.17. The second kappa shape index (κ2) is 4.95. The third-order valence-electron chi connectivity index (χ3n) is 2.19. The molecule has 0 fully saturated rings. The molecule has 0 aliphatic carbocycles. The Balaban J connectivity index is 3.04. The first-order valence-electron chi connectivity index (χ1n) is 5.12. The van der Waals surface area contributed by atoms with Gasteiger partial charge in [0.1, 0.15) is 5.82 Å². The number of nitrogens with zero attached hydrogens (tertiary/aromatic N) is 1. The summed E-state index contributed by atoms with van der Waals surface area (Å²) >= 11 is 3.32. The van der Waals surface area contributed by atoms with Gasteiger partial charge in [0.2, 0.25) is 5.91 Å². The molecule has 0 spiro atoms. The van der Waals surface area contributed by atoms with Gasteiger partial charge >= 0.3 is 0 Å². The van der Waals surface area contributed by atoms with Crippen LogP contribution in [0.5, 0.6) is 0 Å². The van der Waals surface area contributed by atoms with Crippen molar-refractivity contribution in [2.45, 2.75) is 25.1 Å². The van der Waals surface area contributed by atoms with Gasteiger partial charge in [-0.15, -0.1) is 0 Å². The highest BCUT2D eigenvalue weighted by Gasteiger charge is 2.29. The molecule has 0 N–H and O–H groups in total. The molecule has 1 amide bonds. The van der Waals surface area contributed by atoms with E-state index in [0.717, 1.165) is 0 Å². The Bertz CT molecular complexity index is 387. The Kier molecular flexibility index (Phi) is 4.08. The van der Waals surface area contributed by atoms with Crippen LogP contribution >= 0.6 is 15.9 Å². The van der Waals surface area contributed by atoms with E-state index in [1.807, 2.05) is 6.92 Å². The van der Waals surface area contributed by atoms with Crippen molar-refractivity contribution in [3.63, 3.8) is 0 Å². The molecule has 1 aromatic carbocycles. The van der Waals surface area contributed by atoms with Gasteiger partial charge in [-0.3, -0.25) is 4.79 Å². The van der Waals surface area contributed by atoms with Crippen LogP contribution < -0.4 is 4.90 Å². The number of carbonyl (C=O) groups is 1. The van der Waals surface area contributed by atoms with E-state index in [0.29, 0.717) is 12.2 Å². The van der Waals surface area contributed by atoms with E-state index < -0.39 is 4.32 Å².